The van der Waals surface area contributed by atoms with Crippen LogP contribution in [0.3, 0.4) is 0 Å². The van der Waals surface area contributed by atoms with Crippen molar-refractivity contribution in [1.29, 1.82) is 0 Å². The van der Waals surface area contributed by atoms with E-state index in [0.29, 0.717) is 37.0 Å². The van der Waals surface area contributed by atoms with E-state index in [-0.39, 0.29) is 23.3 Å². The van der Waals surface area contributed by atoms with Crippen LogP contribution in [0.4, 0.5) is 0 Å². The maximum atomic E-state index is 11.9. The van der Waals surface area contributed by atoms with Crippen molar-refractivity contribution in [2.45, 2.75) is 25.0 Å². The predicted octanol–water partition coefficient (Wildman–Crippen LogP) is 2.12. The number of hydrogen-bond acceptors (Lipinski definition) is 4. The van der Waals surface area contributed by atoms with E-state index in [2.05, 4.69) is 0 Å². The van der Waals surface area contributed by atoms with Crippen LogP contribution in [0.25, 0.3) is 10.8 Å². The zero-order valence-corrected chi connectivity index (χ0v) is 12.8. The van der Waals surface area contributed by atoms with Gasteiger partial charge in [0, 0.05) is 12.8 Å². The second-order valence-electron chi connectivity index (χ2n) is 6.25. The first kappa shape index (κ1) is 15.1. The molecule has 6 heteroatoms. The first-order valence-corrected chi connectivity index (χ1v) is 7.81. The third-order valence-electron chi connectivity index (χ3n) is 4.48. The highest BCUT2D eigenvalue weighted by atomic mass is 16.6. The van der Waals surface area contributed by atoms with Crippen molar-refractivity contribution >= 4 is 22.7 Å². The number of aromatic carboxylic acids is 2. The summed E-state index contributed by atoms with van der Waals surface area (Å²) >= 11 is 0. The Morgan fingerprint density at radius 2 is 1.67 bits per heavy atom. The molecule has 2 aliphatic heterocycles. The van der Waals surface area contributed by atoms with Crippen LogP contribution in [0, 0.1) is 0 Å². The van der Waals surface area contributed by atoms with Crippen LogP contribution in [-0.2, 0) is 22.3 Å². The van der Waals surface area contributed by atoms with E-state index >= 15 is 0 Å². The molecule has 4 rings (SSSR count). The lowest BCUT2D eigenvalue weighted by atomic mass is 9.89. The van der Waals surface area contributed by atoms with E-state index in [0.717, 1.165) is 10.9 Å². The highest BCUT2D eigenvalue weighted by Crippen LogP contribution is 2.32. The number of carbonyl (C=O) groups is 2. The van der Waals surface area contributed by atoms with Crippen molar-refractivity contribution in [3.63, 3.8) is 0 Å². The van der Waals surface area contributed by atoms with Crippen LogP contribution < -0.4 is 0 Å². The first-order chi connectivity index (χ1) is 11.5. The molecule has 0 radical (unpaired) electrons. The van der Waals surface area contributed by atoms with Crippen molar-refractivity contribution in [2.75, 3.05) is 13.2 Å². The van der Waals surface area contributed by atoms with Gasteiger partial charge in [0.25, 0.3) is 0 Å². The Labute approximate surface area is 137 Å². The zero-order chi connectivity index (χ0) is 16.8. The first-order valence-electron chi connectivity index (χ1n) is 7.81. The van der Waals surface area contributed by atoms with Gasteiger partial charge in [0.1, 0.15) is 0 Å². The SMILES string of the molecule is O=C(O)c1ccc2cc(CC3CO3)c(C(=O)O)c(CC3CO3)c2c1. The molecule has 2 saturated heterocycles. The van der Waals surface area contributed by atoms with Crippen LogP contribution in [-0.4, -0.2) is 47.6 Å². The summed E-state index contributed by atoms with van der Waals surface area (Å²) in [6.45, 7) is 1.26. The maximum Gasteiger partial charge on any atom is 0.336 e. The Morgan fingerprint density at radius 3 is 2.25 bits per heavy atom. The van der Waals surface area contributed by atoms with Gasteiger partial charge in [0.2, 0.25) is 0 Å². The number of rotatable bonds is 6. The molecular weight excluding hydrogens is 312 g/mol. The van der Waals surface area contributed by atoms with Gasteiger partial charge >= 0.3 is 11.9 Å². The van der Waals surface area contributed by atoms with Gasteiger partial charge in [-0.15, -0.1) is 0 Å². The Kier molecular flexibility index (Phi) is 3.51. The molecule has 2 aromatic carbocycles. The summed E-state index contributed by atoms with van der Waals surface area (Å²) < 4.78 is 10.5. The van der Waals surface area contributed by atoms with Gasteiger partial charge in [0.15, 0.2) is 0 Å². The van der Waals surface area contributed by atoms with E-state index in [4.69, 9.17) is 9.47 Å². The minimum Gasteiger partial charge on any atom is -0.478 e. The number of carboxylic acids is 2. The molecule has 2 aliphatic rings. The van der Waals surface area contributed by atoms with Crippen molar-refractivity contribution < 1.29 is 29.3 Å². The average Bonchev–Trinajstić information content (AvgIpc) is 3.42. The van der Waals surface area contributed by atoms with Crippen LogP contribution in [0.1, 0.15) is 31.8 Å². The second kappa shape index (κ2) is 5.58. The van der Waals surface area contributed by atoms with Crippen LogP contribution >= 0.6 is 0 Å². The van der Waals surface area contributed by atoms with Gasteiger partial charge in [-0.1, -0.05) is 12.1 Å². The van der Waals surface area contributed by atoms with E-state index in [9.17, 15) is 19.8 Å². The molecule has 2 aromatic rings. The maximum absolute atomic E-state index is 11.9. The minimum atomic E-state index is -1.03. The lowest BCUT2D eigenvalue weighted by Crippen LogP contribution is -2.12. The van der Waals surface area contributed by atoms with E-state index in [1.54, 1.807) is 18.2 Å². The molecule has 0 aliphatic carbocycles. The minimum absolute atomic E-state index is 0.00668. The summed E-state index contributed by atoms with van der Waals surface area (Å²) in [5.74, 6) is -2.03. The Balaban J connectivity index is 1.94. The van der Waals surface area contributed by atoms with E-state index < -0.39 is 11.9 Å². The lowest BCUT2D eigenvalue weighted by Gasteiger charge is -2.15. The number of carboxylic acid groups (broad SMARTS) is 2. The molecule has 6 nitrogen and oxygen atoms in total. The summed E-state index contributed by atoms with van der Waals surface area (Å²) in [4.78, 5) is 23.2. The molecule has 0 saturated carbocycles. The Bertz CT molecular complexity index is 848. The topological polar surface area (TPSA) is 99.7 Å². The van der Waals surface area contributed by atoms with Gasteiger partial charge < -0.3 is 19.7 Å². The van der Waals surface area contributed by atoms with Crippen LogP contribution in [0.5, 0.6) is 0 Å². The number of ether oxygens (including phenoxy) is 2. The lowest BCUT2D eigenvalue weighted by molar-refractivity contribution is 0.0685. The van der Waals surface area contributed by atoms with Crippen LogP contribution in [0.15, 0.2) is 24.3 Å². The van der Waals surface area contributed by atoms with Crippen molar-refractivity contribution in [3.05, 3.63) is 46.5 Å². The van der Waals surface area contributed by atoms with Crippen LogP contribution in [0.2, 0.25) is 0 Å². The Hall–Kier alpha value is -2.44. The molecule has 0 spiro atoms. The third kappa shape index (κ3) is 2.86. The number of epoxide rings is 2. The fourth-order valence-electron chi connectivity index (χ4n) is 3.15. The molecule has 2 heterocycles. The molecule has 0 amide bonds. The summed E-state index contributed by atoms with van der Waals surface area (Å²) in [5, 5.41) is 20.5. The summed E-state index contributed by atoms with van der Waals surface area (Å²) in [6, 6.07) is 6.67. The fraction of sp³-hybridized carbons (Fsp3) is 0.333. The van der Waals surface area contributed by atoms with E-state index in [1.165, 1.54) is 0 Å². The van der Waals surface area contributed by atoms with Gasteiger partial charge in [-0.05, 0) is 34.0 Å². The normalized spacial score (nSPS) is 21.7. The van der Waals surface area contributed by atoms with E-state index in [1.807, 2.05) is 6.07 Å². The monoisotopic (exact) mass is 328 g/mol. The standard InChI is InChI=1S/C18H16O6/c19-17(20)10-2-1-9-3-11(4-12-7-23-12)16(18(21)22)15(14(9)5-10)6-13-8-24-13/h1-3,5,12-13H,4,6-8H2,(H,19,20)(H,21,22). The highest BCUT2D eigenvalue weighted by Gasteiger charge is 2.31. The molecule has 0 aromatic heterocycles. The third-order valence-corrected chi connectivity index (χ3v) is 4.48. The van der Waals surface area contributed by atoms with Crippen molar-refractivity contribution in [1.82, 2.24) is 0 Å². The predicted molar refractivity (Wildman–Crippen MR) is 84.8 cm³/mol. The van der Waals surface area contributed by atoms with Gasteiger partial charge in [-0.2, -0.15) is 0 Å². The smallest absolute Gasteiger partial charge is 0.336 e. The molecule has 2 N–H and O–H groups in total. The molecule has 0 bridgehead atoms. The zero-order valence-electron chi connectivity index (χ0n) is 12.8. The van der Waals surface area contributed by atoms with Crippen molar-refractivity contribution in [2.24, 2.45) is 0 Å². The largest absolute Gasteiger partial charge is 0.478 e. The number of benzene rings is 2. The molecule has 124 valence electrons. The molecule has 2 unspecified atom stereocenters. The molecule has 2 atom stereocenters. The van der Waals surface area contributed by atoms with Gasteiger partial charge in [-0.3, -0.25) is 0 Å². The number of fused-ring (bicyclic) bond motifs is 1. The summed E-state index contributed by atoms with van der Waals surface area (Å²) in [5.41, 5.74) is 1.79. The number of hydrogen-bond donors (Lipinski definition) is 2. The average molecular weight is 328 g/mol. The second-order valence-corrected chi connectivity index (χ2v) is 6.25. The fourth-order valence-corrected chi connectivity index (χ4v) is 3.15. The molecular formula is C18H16O6. The van der Waals surface area contributed by atoms with Gasteiger partial charge in [-0.25, -0.2) is 9.59 Å². The summed E-state index contributed by atoms with van der Waals surface area (Å²) in [7, 11) is 0. The molecule has 24 heavy (non-hydrogen) atoms. The Morgan fingerprint density at radius 1 is 1.00 bits per heavy atom. The van der Waals surface area contributed by atoms with Gasteiger partial charge in [0.05, 0.1) is 36.5 Å². The summed E-state index contributed by atoms with van der Waals surface area (Å²) in [6.07, 6.45) is 1.10. The highest BCUT2D eigenvalue weighted by molar-refractivity contribution is 6.02. The van der Waals surface area contributed by atoms with Crippen molar-refractivity contribution in [3.8, 4) is 0 Å². The molecule has 2 fully saturated rings. The quantitative estimate of drug-likeness (QED) is 0.788.